The third-order valence-electron chi connectivity index (χ3n) is 4.23. The van der Waals surface area contributed by atoms with Crippen LogP contribution in [0.25, 0.3) is 11.0 Å². The number of hydrogen-bond acceptors (Lipinski definition) is 5. The van der Waals surface area contributed by atoms with Gasteiger partial charge in [-0.1, -0.05) is 18.2 Å². The van der Waals surface area contributed by atoms with Gasteiger partial charge in [-0.15, -0.1) is 0 Å². The summed E-state index contributed by atoms with van der Waals surface area (Å²) in [5.74, 6) is 0.290. The molecule has 128 valence electrons. The van der Waals surface area contributed by atoms with Crippen LogP contribution in [0, 0.1) is 10.1 Å². The summed E-state index contributed by atoms with van der Waals surface area (Å²) in [4.78, 5) is 24.6. The first-order chi connectivity index (χ1) is 11.9. The maximum atomic E-state index is 12.7. The van der Waals surface area contributed by atoms with Crippen molar-refractivity contribution in [2.75, 3.05) is 12.8 Å². The Balaban J connectivity index is 1.89. The molecule has 1 unspecified atom stereocenters. The van der Waals surface area contributed by atoms with Crippen LogP contribution in [0.15, 0.2) is 52.9 Å². The van der Waals surface area contributed by atoms with Crippen molar-refractivity contribution in [3.05, 3.63) is 70.0 Å². The largest absolute Gasteiger partial charge is 0.459 e. The summed E-state index contributed by atoms with van der Waals surface area (Å²) >= 11 is 0. The second-order valence-electron chi connectivity index (χ2n) is 5.81. The Labute approximate surface area is 143 Å². The summed E-state index contributed by atoms with van der Waals surface area (Å²) in [6.45, 7) is 1.83. The summed E-state index contributed by atoms with van der Waals surface area (Å²) in [7, 11) is 1.63. The number of benzene rings is 2. The van der Waals surface area contributed by atoms with E-state index in [0.717, 1.165) is 11.0 Å². The fourth-order valence-electron chi connectivity index (χ4n) is 2.61. The second kappa shape index (κ2) is 6.27. The number of amides is 1. The number of carbonyl (C=O) groups excluding carboxylic acids is 1. The quantitative estimate of drug-likeness (QED) is 0.443. The number of nitrogens with zero attached hydrogens (tertiary/aromatic N) is 2. The minimum atomic E-state index is -0.602. The lowest BCUT2D eigenvalue weighted by Crippen LogP contribution is -2.29. The van der Waals surface area contributed by atoms with E-state index in [-0.39, 0.29) is 28.9 Å². The fourth-order valence-corrected chi connectivity index (χ4v) is 2.61. The molecule has 0 saturated heterocycles. The highest BCUT2D eigenvalue weighted by Gasteiger charge is 2.24. The van der Waals surface area contributed by atoms with Crippen molar-refractivity contribution in [1.29, 1.82) is 0 Å². The number of carbonyl (C=O) groups is 1. The Morgan fingerprint density at radius 2 is 1.96 bits per heavy atom. The van der Waals surface area contributed by atoms with Gasteiger partial charge in [-0.2, -0.15) is 0 Å². The van der Waals surface area contributed by atoms with Crippen molar-refractivity contribution in [1.82, 2.24) is 4.90 Å². The van der Waals surface area contributed by atoms with Crippen LogP contribution in [0.5, 0.6) is 0 Å². The first-order valence-corrected chi connectivity index (χ1v) is 7.68. The molecular formula is C18H17N3O4. The molecular weight excluding hydrogens is 322 g/mol. The molecule has 3 rings (SSSR count). The Morgan fingerprint density at radius 3 is 2.64 bits per heavy atom. The standard InChI is InChI=1S/C18H17N3O4/c1-11(17-10-12-5-3-4-6-16(12)25-17)20(2)18(22)13-7-8-14(19)15(9-13)21(23)24/h3-11H,19H2,1-2H3. The fraction of sp³-hybridized carbons (Fsp3) is 0.167. The summed E-state index contributed by atoms with van der Waals surface area (Å²) < 4.78 is 5.80. The summed E-state index contributed by atoms with van der Waals surface area (Å²) in [6, 6.07) is 13.2. The molecule has 1 atom stereocenters. The van der Waals surface area contributed by atoms with Crippen LogP contribution in [-0.2, 0) is 0 Å². The highest BCUT2D eigenvalue weighted by Crippen LogP contribution is 2.29. The first-order valence-electron chi connectivity index (χ1n) is 7.68. The molecule has 0 bridgehead atoms. The maximum Gasteiger partial charge on any atom is 0.292 e. The Kier molecular flexibility index (Phi) is 4.14. The van der Waals surface area contributed by atoms with Crippen LogP contribution < -0.4 is 5.73 Å². The van der Waals surface area contributed by atoms with Crippen LogP contribution in [-0.4, -0.2) is 22.8 Å². The van der Waals surface area contributed by atoms with Crippen molar-refractivity contribution in [2.24, 2.45) is 0 Å². The number of furan rings is 1. The molecule has 0 aliphatic heterocycles. The van der Waals surface area contributed by atoms with E-state index in [1.807, 2.05) is 37.3 Å². The molecule has 2 N–H and O–H groups in total. The van der Waals surface area contributed by atoms with E-state index < -0.39 is 4.92 Å². The van der Waals surface area contributed by atoms with Gasteiger partial charge in [-0.3, -0.25) is 14.9 Å². The molecule has 0 fully saturated rings. The number of nitrogens with two attached hydrogens (primary N) is 1. The van der Waals surface area contributed by atoms with Crippen molar-refractivity contribution in [3.8, 4) is 0 Å². The Bertz CT molecular complexity index is 931. The zero-order valence-corrected chi connectivity index (χ0v) is 13.8. The molecule has 25 heavy (non-hydrogen) atoms. The van der Waals surface area contributed by atoms with Gasteiger partial charge in [-0.05, 0) is 31.2 Å². The molecule has 1 amide bonds. The second-order valence-corrected chi connectivity index (χ2v) is 5.81. The average Bonchev–Trinajstić information content (AvgIpc) is 3.04. The van der Waals surface area contributed by atoms with Gasteiger partial charge in [0.05, 0.1) is 11.0 Å². The number of fused-ring (bicyclic) bond motifs is 1. The van der Waals surface area contributed by atoms with E-state index >= 15 is 0 Å². The van der Waals surface area contributed by atoms with Gasteiger partial charge < -0.3 is 15.1 Å². The molecule has 0 spiro atoms. The lowest BCUT2D eigenvalue weighted by Gasteiger charge is -2.23. The lowest BCUT2D eigenvalue weighted by molar-refractivity contribution is -0.383. The number of rotatable bonds is 4. The van der Waals surface area contributed by atoms with E-state index in [2.05, 4.69) is 0 Å². The normalized spacial score (nSPS) is 12.1. The van der Waals surface area contributed by atoms with E-state index in [0.29, 0.717) is 5.76 Å². The van der Waals surface area contributed by atoms with E-state index in [9.17, 15) is 14.9 Å². The Morgan fingerprint density at radius 1 is 1.24 bits per heavy atom. The van der Waals surface area contributed by atoms with Crippen molar-refractivity contribution >= 4 is 28.3 Å². The van der Waals surface area contributed by atoms with Crippen LogP contribution >= 0.6 is 0 Å². The van der Waals surface area contributed by atoms with Crippen molar-refractivity contribution in [2.45, 2.75) is 13.0 Å². The third kappa shape index (κ3) is 3.03. The average molecular weight is 339 g/mol. The van der Waals surface area contributed by atoms with E-state index in [1.54, 1.807) is 7.05 Å². The van der Waals surface area contributed by atoms with Crippen LogP contribution in [0.3, 0.4) is 0 Å². The Hall–Kier alpha value is -3.35. The molecule has 0 aliphatic carbocycles. The monoisotopic (exact) mass is 339 g/mol. The molecule has 0 radical (unpaired) electrons. The van der Waals surface area contributed by atoms with Gasteiger partial charge in [0.25, 0.3) is 11.6 Å². The van der Waals surface area contributed by atoms with Gasteiger partial charge in [0.15, 0.2) is 0 Å². The SMILES string of the molecule is CC(c1cc2ccccc2o1)N(C)C(=O)c1ccc(N)c([N+](=O)[O-])c1. The topological polar surface area (TPSA) is 103 Å². The summed E-state index contributed by atoms with van der Waals surface area (Å²) in [6.07, 6.45) is 0. The molecule has 2 aromatic carbocycles. The number of nitro benzene ring substituents is 1. The van der Waals surface area contributed by atoms with Gasteiger partial charge >= 0.3 is 0 Å². The van der Waals surface area contributed by atoms with Gasteiger partial charge in [0.1, 0.15) is 17.0 Å². The molecule has 1 heterocycles. The predicted octanol–water partition coefficient (Wildman–Crippen LogP) is 3.76. The number of hydrogen-bond donors (Lipinski definition) is 1. The highest BCUT2D eigenvalue weighted by atomic mass is 16.6. The molecule has 0 saturated carbocycles. The predicted molar refractivity (Wildman–Crippen MR) is 94.2 cm³/mol. The number of nitro groups is 1. The molecule has 7 heteroatoms. The number of nitrogen functional groups attached to an aromatic ring is 1. The van der Waals surface area contributed by atoms with Crippen LogP contribution in [0.1, 0.15) is 29.1 Å². The first kappa shape index (κ1) is 16.5. The molecule has 3 aromatic rings. The zero-order valence-electron chi connectivity index (χ0n) is 13.8. The van der Waals surface area contributed by atoms with E-state index in [1.165, 1.54) is 23.1 Å². The van der Waals surface area contributed by atoms with Crippen molar-refractivity contribution < 1.29 is 14.1 Å². The number of para-hydroxylation sites is 1. The van der Waals surface area contributed by atoms with Gasteiger partial charge in [0.2, 0.25) is 0 Å². The molecule has 0 aliphatic rings. The minimum Gasteiger partial charge on any atom is -0.459 e. The summed E-state index contributed by atoms with van der Waals surface area (Å²) in [5.41, 5.74) is 6.26. The summed E-state index contributed by atoms with van der Waals surface area (Å²) in [5, 5.41) is 12.0. The number of anilines is 1. The van der Waals surface area contributed by atoms with Crippen molar-refractivity contribution in [3.63, 3.8) is 0 Å². The van der Waals surface area contributed by atoms with Crippen LogP contribution in [0.4, 0.5) is 11.4 Å². The molecule has 1 aromatic heterocycles. The molecule has 7 nitrogen and oxygen atoms in total. The highest BCUT2D eigenvalue weighted by molar-refractivity contribution is 5.95. The maximum absolute atomic E-state index is 12.7. The minimum absolute atomic E-state index is 0.0227. The smallest absolute Gasteiger partial charge is 0.292 e. The van der Waals surface area contributed by atoms with Gasteiger partial charge in [0, 0.05) is 24.1 Å². The lowest BCUT2D eigenvalue weighted by atomic mass is 10.1. The van der Waals surface area contributed by atoms with Crippen LogP contribution in [0.2, 0.25) is 0 Å². The van der Waals surface area contributed by atoms with Gasteiger partial charge in [-0.25, -0.2) is 0 Å². The zero-order chi connectivity index (χ0) is 18.1. The van der Waals surface area contributed by atoms with E-state index in [4.69, 9.17) is 10.2 Å². The third-order valence-corrected chi connectivity index (χ3v) is 4.23.